The lowest BCUT2D eigenvalue weighted by Crippen LogP contribution is -2.32. The van der Waals surface area contributed by atoms with Gasteiger partial charge in [0.05, 0.1) is 22.3 Å². The molecule has 0 spiro atoms. The third-order valence-corrected chi connectivity index (χ3v) is 6.03. The van der Waals surface area contributed by atoms with Crippen molar-refractivity contribution >= 4 is 34.3 Å². The average molecular weight is 430 g/mol. The van der Waals surface area contributed by atoms with E-state index in [4.69, 9.17) is 4.98 Å². The normalized spacial score (nSPS) is 10.9. The number of anilines is 1. The molecule has 1 aromatic heterocycles. The third kappa shape index (κ3) is 4.25. The van der Waals surface area contributed by atoms with E-state index in [-0.39, 0.29) is 17.2 Å². The van der Waals surface area contributed by atoms with Crippen molar-refractivity contribution in [2.24, 2.45) is 0 Å². The third-order valence-electron chi connectivity index (χ3n) is 5.11. The number of para-hydroxylation sites is 3. The van der Waals surface area contributed by atoms with E-state index in [1.54, 1.807) is 15.5 Å². The van der Waals surface area contributed by atoms with E-state index in [0.717, 1.165) is 16.9 Å². The molecule has 0 saturated carbocycles. The van der Waals surface area contributed by atoms with Crippen molar-refractivity contribution in [2.75, 3.05) is 17.2 Å². The first-order valence-corrected chi connectivity index (χ1v) is 11.1. The maximum absolute atomic E-state index is 13.4. The zero-order chi connectivity index (χ0) is 21.8. The second kappa shape index (κ2) is 9.18. The molecule has 5 nitrogen and oxygen atoms in total. The molecular weight excluding hydrogens is 406 g/mol. The molecule has 0 atom stereocenters. The van der Waals surface area contributed by atoms with Gasteiger partial charge in [0, 0.05) is 12.2 Å². The number of aromatic nitrogens is 2. The van der Waals surface area contributed by atoms with E-state index in [1.165, 1.54) is 11.8 Å². The molecule has 0 aliphatic rings. The van der Waals surface area contributed by atoms with E-state index in [2.05, 4.69) is 0 Å². The Morgan fingerprint density at radius 2 is 1.65 bits per heavy atom. The van der Waals surface area contributed by atoms with Gasteiger partial charge in [0.1, 0.15) is 0 Å². The quantitative estimate of drug-likeness (QED) is 0.325. The number of amides is 1. The van der Waals surface area contributed by atoms with Crippen LogP contribution in [0.2, 0.25) is 0 Å². The van der Waals surface area contributed by atoms with Crippen molar-refractivity contribution in [1.29, 1.82) is 0 Å². The summed E-state index contributed by atoms with van der Waals surface area (Å²) in [5.41, 5.74) is 3.09. The van der Waals surface area contributed by atoms with Gasteiger partial charge >= 0.3 is 0 Å². The van der Waals surface area contributed by atoms with Crippen LogP contribution in [-0.2, 0) is 4.79 Å². The fourth-order valence-corrected chi connectivity index (χ4v) is 4.43. The first-order valence-electron chi connectivity index (χ1n) is 10.2. The van der Waals surface area contributed by atoms with Crippen LogP contribution >= 0.6 is 11.8 Å². The summed E-state index contributed by atoms with van der Waals surface area (Å²) in [6.07, 6.45) is 0. The predicted molar refractivity (Wildman–Crippen MR) is 127 cm³/mol. The van der Waals surface area contributed by atoms with Crippen LogP contribution in [0.4, 0.5) is 5.69 Å². The SMILES string of the molecule is CCN(C(=O)CSc1nc2ccccc2c(=O)n1-c1ccccc1C)c1ccccc1. The fourth-order valence-electron chi connectivity index (χ4n) is 3.55. The zero-order valence-corrected chi connectivity index (χ0v) is 18.3. The summed E-state index contributed by atoms with van der Waals surface area (Å²) in [5, 5.41) is 1.07. The smallest absolute Gasteiger partial charge is 0.266 e. The van der Waals surface area contributed by atoms with E-state index < -0.39 is 0 Å². The van der Waals surface area contributed by atoms with Crippen molar-refractivity contribution in [1.82, 2.24) is 9.55 Å². The predicted octanol–water partition coefficient (Wildman–Crippen LogP) is 4.84. The fraction of sp³-hybridized carbons (Fsp3) is 0.160. The molecule has 1 amide bonds. The van der Waals surface area contributed by atoms with Gasteiger partial charge in [-0.05, 0) is 49.7 Å². The highest BCUT2D eigenvalue weighted by molar-refractivity contribution is 7.99. The first kappa shape index (κ1) is 20.9. The van der Waals surface area contributed by atoms with Crippen LogP contribution in [0.15, 0.2) is 88.8 Å². The number of aryl methyl sites for hydroxylation is 1. The van der Waals surface area contributed by atoms with E-state index in [9.17, 15) is 9.59 Å². The Bertz CT molecular complexity index is 1280. The van der Waals surface area contributed by atoms with E-state index in [0.29, 0.717) is 22.6 Å². The van der Waals surface area contributed by atoms with Crippen LogP contribution in [0, 0.1) is 6.92 Å². The number of rotatable bonds is 6. The highest BCUT2D eigenvalue weighted by Gasteiger charge is 2.18. The van der Waals surface area contributed by atoms with Crippen LogP contribution in [0.5, 0.6) is 0 Å². The molecule has 0 saturated heterocycles. The molecule has 0 N–H and O–H groups in total. The molecule has 4 rings (SSSR count). The number of hydrogen-bond acceptors (Lipinski definition) is 4. The molecular formula is C25H23N3O2S. The monoisotopic (exact) mass is 429 g/mol. The van der Waals surface area contributed by atoms with Gasteiger partial charge in [-0.1, -0.05) is 60.3 Å². The topological polar surface area (TPSA) is 55.2 Å². The molecule has 0 fully saturated rings. The number of nitrogens with zero attached hydrogens (tertiary/aromatic N) is 3. The maximum Gasteiger partial charge on any atom is 0.266 e. The van der Waals surface area contributed by atoms with Crippen LogP contribution in [0.25, 0.3) is 16.6 Å². The second-order valence-electron chi connectivity index (χ2n) is 7.10. The Kier molecular flexibility index (Phi) is 6.18. The average Bonchev–Trinajstić information content (AvgIpc) is 2.80. The lowest BCUT2D eigenvalue weighted by Gasteiger charge is -2.21. The number of hydrogen-bond donors (Lipinski definition) is 0. The van der Waals surface area contributed by atoms with Crippen molar-refractivity contribution in [3.8, 4) is 5.69 Å². The van der Waals surface area contributed by atoms with Crippen molar-refractivity contribution < 1.29 is 4.79 Å². The Morgan fingerprint density at radius 3 is 2.39 bits per heavy atom. The van der Waals surface area contributed by atoms with Crippen LogP contribution in [0.3, 0.4) is 0 Å². The zero-order valence-electron chi connectivity index (χ0n) is 17.5. The van der Waals surface area contributed by atoms with Gasteiger partial charge in [-0.2, -0.15) is 0 Å². The molecule has 6 heteroatoms. The molecule has 0 radical (unpaired) electrons. The van der Waals surface area contributed by atoms with E-state index >= 15 is 0 Å². The minimum atomic E-state index is -0.134. The Hall–Kier alpha value is -3.38. The Labute approximate surface area is 185 Å². The minimum absolute atomic E-state index is 0.0301. The van der Waals surface area contributed by atoms with Crippen LogP contribution in [0.1, 0.15) is 12.5 Å². The van der Waals surface area contributed by atoms with Gasteiger partial charge in [-0.3, -0.25) is 14.2 Å². The maximum atomic E-state index is 13.4. The molecule has 3 aromatic carbocycles. The number of carbonyl (C=O) groups is 1. The Morgan fingerprint density at radius 1 is 0.968 bits per heavy atom. The van der Waals surface area contributed by atoms with Gasteiger partial charge in [-0.25, -0.2) is 4.98 Å². The summed E-state index contributed by atoms with van der Waals surface area (Å²) >= 11 is 1.29. The Balaban J connectivity index is 1.73. The summed E-state index contributed by atoms with van der Waals surface area (Å²) in [7, 11) is 0. The number of fused-ring (bicyclic) bond motifs is 1. The van der Waals surface area contributed by atoms with Gasteiger partial charge < -0.3 is 4.90 Å². The summed E-state index contributed by atoms with van der Waals surface area (Å²) in [6, 6.07) is 24.6. The minimum Gasteiger partial charge on any atom is -0.312 e. The molecule has 1 heterocycles. The van der Waals surface area contributed by atoms with E-state index in [1.807, 2.05) is 86.6 Å². The number of benzene rings is 3. The van der Waals surface area contributed by atoms with Crippen LogP contribution < -0.4 is 10.5 Å². The van der Waals surface area contributed by atoms with Crippen molar-refractivity contribution in [3.05, 3.63) is 94.8 Å². The second-order valence-corrected chi connectivity index (χ2v) is 8.04. The van der Waals surface area contributed by atoms with Gasteiger partial charge in [0.25, 0.3) is 5.56 Å². The number of carbonyl (C=O) groups excluding carboxylic acids is 1. The summed E-state index contributed by atoms with van der Waals surface area (Å²) < 4.78 is 1.62. The van der Waals surface area contributed by atoms with Crippen molar-refractivity contribution in [2.45, 2.75) is 19.0 Å². The summed E-state index contributed by atoms with van der Waals surface area (Å²) in [5.74, 6) is 0.150. The van der Waals surface area contributed by atoms with Gasteiger partial charge in [-0.15, -0.1) is 0 Å². The molecule has 0 aliphatic carbocycles. The molecule has 0 aliphatic heterocycles. The molecule has 0 unspecified atom stereocenters. The molecule has 0 bridgehead atoms. The summed E-state index contributed by atoms with van der Waals surface area (Å²) in [6.45, 7) is 4.48. The molecule has 4 aromatic rings. The lowest BCUT2D eigenvalue weighted by atomic mass is 10.2. The highest BCUT2D eigenvalue weighted by Crippen LogP contribution is 2.24. The summed E-state index contributed by atoms with van der Waals surface area (Å²) in [4.78, 5) is 32.9. The largest absolute Gasteiger partial charge is 0.312 e. The molecule has 31 heavy (non-hydrogen) atoms. The first-order chi connectivity index (χ1) is 15.1. The van der Waals surface area contributed by atoms with Gasteiger partial charge in [0.15, 0.2) is 5.16 Å². The number of thioether (sulfide) groups is 1. The lowest BCUT2D eigenvalue weighted by molar-refractivity contribution is -0.116. The van der Waals surface area contributed by atoms with Gasteiger partial charge in [0.2, 0.25) is 5.91 Å². The highest BCUT2D eigenvalue weighted by atomic mass is 32.2. The van der Waals surface area contributed by atoms with Crippen LogP contribution in [-0.4, -0.2) is 27.8 Å². The van der Waals surface area contributed by atoms with Crippen molar-refractivity contribution in [3.63, 3.8) is 0 Å². The molecule has 156 valence electrons. The standard InChI is InChI=1S/C25H23N3O2S/c1-3-27(19-12-5-4-6-13-19)23(29)17-31-25-26-21-15-9-8-14-20(21)24(30)28(25)22-16-10-7-11-18(22)2/h4-16H,3,17H2,1-2H3.